The average Bonchev–Trinajstić information content (AvgIpc) is 2.40. The summed E-state index contributed by atoms with van der Waals surface area (Å²) in [4.78, 5) is 0. The summed E-state index contributed by atoms with van der Waals surface area (Å²) in [5, 5.41) is 3.16. The average molecular weight is 419 g/mol. The number of benzene rings is 2. The lowest BCUT2D eigenvalue weighted by Gasteiger charge is -2.20. The Bertz CT molecular complexity index is 608. The molecule has 0 amide bonds. The van der Waals surface area contributed by atoms with Crippen molar-refractivity contribution in [2.75, 3.05) is 6.54 Å². The lowest BCUT2D eigenvalue weighted by atomic mass is 9.98. The minimum Gasteiger partial charge on any atom is -0.310 e. The second-order valence-electron chi connectivity index (χ2n) is 4.69. The van der Waals surface area contributed by atoms with E-state index in [1.165, 1.54) is 12.1 Å². The van der Waals surface area contributed by atoms with Gasteiger partial charge in [-0.25, -0.2) is 8.78 Å². The second-order valence-corrected chi connectivity index (χ2v) is 6.46. The van der Waals surface area contributed by atoms with Crippen molar-refractivity contribution in [3.63, 3.8) is 0 Å². The fraction of sp³-hybridized carbons (Fsp3) is 0.250. The van der Waals surface area contributed by atoms with E-state index in [9.17, 15) is 8.78 Å². The molecule has 0 aromatic heterocycles. The Balaban J connectivity index is 2.38. The van der Waals surface area contributed by atoms with Crippen molar-refractivity contribution >= 4 is 31.9 Å². The zero-order valence-corrected chi connectivity index (χ0v) is 14.6. The SMILES string of the molecule is CCNC(Cc1ccccc1Br)c1c(F)cc(Br)cc1F. The molecular formula is C16H15Br2F2N. The fourth-order valence-electron chi connectivity index (χ4n) is 2.29. The maximum atomic E-state index is 14.2. The van der Waals surface area contributed by atoms with Gasteiger partial charge in [-0.1, -0.05) is 57.0 Å². The molecule has 1 nitrogen and oxygen atoms in total. The summed E-state index contributed by atoms with van der Waals surface area (Å²) in [6.07, 6.45) is 0.505. The second kappa shape index (κ2) is 7.47. The molecule has 1 unspecified atom stereocenters. The van der Waals surface area contributed by atoms with Gasteiger partial charge >= 0.3 is 0 Å². The molecule has 5 heteroatoms. The maximum Gasteiger partial charge on any atom is 0.132 e. The Morgan fingerprint density at radius 3 is 2.29 bits per heavy atom. The predicted octanol–water partition coefficient (Wildman–Crippen LogP) is 5.38. The van der Waals surface area contributed by atoms with Crippen LogP contribution in [0.4, 0.5) is 8.78 Å². The van der Waals surface area contributed by atoms with Gasteiger partial charge < -0.3 is 5.32 Å². The molecule has 0 radical (unpaired) electrons. The van der Waals surface area contributed by atoms with Gasteiger partial charge in [-0.15, -0.1) is 0 Å². The van der Waals surface area contributed by atoms with Crippen molar-refractivity contribution in [3.05, 3.63) is 68.1 Å². The summed E-state index contributed by atoms with van der Waals surface area (Å²) < 4.78 is 29.7. The summed E-state index contributed by atoms with van der Waals surface area (Å²) >= 11 is 6.58. The van der Waals surface area contributed by atoms with E-state index in [0.29, 0.717) is 17.4 Å². The summed E-state index contributed by atoms with van der Waals surface area (Å²) in [7, 11) is 0. The summed E-state index contributed by atoms with van der Waals surface area (Å²) in [6.45, 7) is 2.55. The monoisotopic (exact) mass is 417 g/mol. The van der Waals surface area contributed by atoms with Crippen LogP contribution in [0, 0.1) is 11.6 Å². The molecule has 2 rings (SSSR count). The molecule has 0 heterocycles. The molecule has 1 N–H and O–H groups in total. The number of likely N-dealkylation sites (N-methyl/N-ethyl adjacent to an activating group) is 1. The normalized spacial score (nSPS) is 12.4. The predicted molar refractivity (Wildman–Crippen MR) is 88.3 cm³/mol. The van der Waals surface area contributed by atoms with Crippen LogP contribution in [0.3, 0.4) is 0 Å². The van der Waals surface area contributed by atoms with Crippen molar-refractivity contribution in [1.29, 1.82) is 0 Å². The molecule has 0 saturated carbocycles. The van der Waals surface area contributed by atoms with Crippen LogP contribution in [-0.4, -0.2) is 6.54 Å². The maximum absolute atomic E-state index is 14.2. The number of hydrogen-bond acceptors (Lipinski definition) is 1. The van der Waals surface area contributed by atoms with Crippen molar-refractivity contribution < 1.29 is 8.78 Å². The first kappa shape index (κ1) is 16.6. The van der Waals surface area contributed by atoms with Crippen molar-refractivity contribution in [2.24, 2.45) is 0 Å². The zero-order chi connectivity index (χ0) is 15.4. The van der Waals surface area contributed by atoms with Crippen LogP contribution in [0.25, 0.3) is 0 Å². The highest BCUT2D eigenvalue weighted by Crippen LogP contribution is 2.29. The smallest absolute Gasteiger partial charge is 0.132 e. The fourth-order valence-corrected chi connectivity index (χ4v) is 3.14. The third-order valence-corrected chi connectivity index (χ3v) is 4.46. The molecule has 0 bridgehead atoms. The van der Waals surface area contributed by atoms with E-state index in [2.05, 4.69) is 37.2 Å². The third-order valence-electron chi connectivity index (χ3n) is 3.22. The van der Waals surface area contributed by atoms with Crippen LogP contribution in [0.1, 0.15) is 24.1 Å². The van der Waals surface area contributed by atoms with E-state index in [1.54, 1.807) is 0 Å². The molecule has 0 spiro atoms. The largest absolute Gasteiger partial charge is 0.310 e. The van der Waals surface area contributed by atoms with Gasteiger partial charge in [0.25, 0.3) is 0 Å². The van der Waals surface area contributed by atoms with Crippen LogP contribution in [0.2, 0.25) is 0 Å². The first-order chi connectivity index (χ1) is 10.0. The molecular weight excluding hydrogens is 404 g/mol. The number of nitrogens with one attached hydrogen (secondary N) is 1. The standard InChI is InChI=1S/C16H15Br2F2N/c1-2-21-15(7-10-5-3-4-6-12(10)18)16-13(19)8-11(17)9-14(16)20/h3-6,8-9,15,21H,2,7H2,1H3. The first-order valence-corrected chi connectivity index (χ1v) is 8.22. The van der Waals surface area contributed by atoms with E-state index in [4.69, 9.17) is 0 Å². The van der Waals surface area contributed by atoms with Gasteiger partial charge in [0, 0.05) is 20.6 Å². The molecule has 0 aliphatic rings. The quantitative estimate of drug-likeness (QED) is 0.686. The van der Waals surface area contributed by atoms with Crippen molar-refractivity contribution in [3.8, 4) is 0 Å². The van der Waals surface area contributed by atoms with Crippen LogP contribution >= 0.6 is 31.9 Å². The highest BCUT2D eigenvalue weighted by atomic mass is 79.9. The van der Waals surface area contributed by atoms with Gasteiger partial charge in [-0.05, 0) is 36.7 Å². The molecule has 21 heavy (non-hydrogen) atoms. The number of hydrogen-bond donors (Lipinski definition) is 1. The Morgan fingerprint density at radius 1 is 1.10 bits per heavy atom. The topological polar surface area (TPSA) is 12.0 Å². The lowest BCUT2D eigenvalue weighted by Crippen LogP contribution is -2.25. The molecule has 112 valence electrons. The zero-order valence-electron chi connectivity index (χ0n) is 11.5. The van der Waals surface area contributed by atoms with Gasteiger partial charge in [0.05, 0.1) is 0 Å². The molecule has 0 aliphatic heterocycles. The van der Waals surface area contributed by atoms with E-state index >= 15 is 0 Å². The summed E-state index contributed by atoms with van der Waals surface area (Å²) in [5.41, 5.74) is 1.08. The molecule has 2 aromatic carbocycles. The Labute approximate surface area is 140 Å². The van der Waals surface area contributed by atoms with E-state index in [0.717, 1.165) is 10.0 Å². The van der Waals surface area contributed by atoms with Gasteiger partial charge in [-0.2, -0.15) is 0 Å². The highest BCUT2D eigenvalue weighted by molar-refractivity contribution is 9.10. The molecule has 2 aromatic rings. The van der Waals surface area contributed by atoms with Gasteiger partial charge in [0.1, 0.15) is 11.6 Å². The Morgan fingerprint density at radius 2 is 1.71 bits per heavy atom. The third kappa shape index (κ3) is 4.11. The highest BCUT2D eigenvalue weighted by Gasteiger charge is 2.21. The minimum absolute atomic E-state index is 0.0794. The molecule has 0 saturated heterocycles. The van der Waals surface area contributed by atoms with Crippen LogP contribution < -0.4 is 5.32 Å². The van der Waals surface area contributed by atoms with E-state index < -0.39 is 17.7 Å². The Kier molecular flexibility index (Phi) is 5.90. The Hall–Kier alpha value is -0.780. The molecule has 1 atom stereocenters. The van der Waals surface area contributed by atoms with Gasteiger partial charge in [0.2, 0.25) is 0 Å². The van der Waals surface area contributed by atoms with E-state index in [1.807, 2.05) is 31.2 Å². The van der Waals surface area contributed by atoms with Gasteiger partial charge in [-0.3, -0.25) is 0 Å². The summed E-state index contributed by atoms with van der Waals surface area (Å²) in [5.74, 6) is -1.08. The van der Waals surface area contributed by atoms with Crippen molar-refractivity contribution in [2.45, 2.75) is 19.4 Å². The molecule has 0 aliphatic carbocycles. The van der Waals surface area contributed by atoms with Crippen molar-refractivity contribution in [1.82, 2.24) is 5.32 Å². The summed E-state index contributed by atoms with van der Waals surface area (Å²) in [6, 6.07) is 9.87. The van der Waals surface area contributed by atoms with Crippen LogP contribution in [-0.2, 0) is 6.42 Å². The van der Waals surface area contributed by atoms with E-state index in [-0.39, 0.29) is 5.56 Å². The van der Waals surface area contributed by atoms with Crippen LogP contribution in [0.15, 0.2) is 45.3 Å². The minimum atomic E-state index is -0.542. The van der Waals surface area contributed by atoms with Gasteiger partial charge in [0.15, 0.2) is 0 Å². The number of halogens is 4. The number of rotatable bonds is 5. The van der Waals surface area contributed by atoms with Crippen LogP contribution in [0.5, 0.6) is 0 Å². The lowest BCUT2D eigenvalue weighted by molar-refractivity contribution is 0.472. The molecule has 0 fully saturated rings. The first-order valence-electron chi connectivity index (χ1n) is 6.64.